The van der Waals surface area contributed by atoms with Gasteiger partial charge in [0.15, 0.2) is 5.78 Å². The van der Waals surface area contributed by atoms with E-state index in [2.05, 4.69) is 0 Å². The molecule has 0 bridgehead atoms. The number of Topliss-reactive ketones (excluding diaryl/α,β-unsaturated/α-hetero) is 1. The van der Waals surface area contributed by atoms with E-state index in [9.17, 15) is 14.3 Å². The van der Waals surface area contributed by atoms with Crippen LogP contribution in [0.3, 0.4) is 0 Å². The third-order valence-corrected chi connectivity index (χ3v) is 3.57. The van der Waals surface area contributed by atoms with Crippen LogP contribution in [-0.4, -0.2) is 17.5 Å². The fourth-order valence-electron chi connectivity index (χ4n) is 2.00. The van der Waals surface area contributed by atoms with E-state index < -0.39 is 11.2 Å². The van der Waals surface area contributed by atoms with E-state index in [-0.39, 0.29) is 17.4 Å². The summed E-state index contributed by atoms with van der Waals surface area (Å²) in [5.41, 5.74) is -0.276. The van der Waals surface area contributed by atoms with Crippen molar-refractivity contribution < 1.29 is 14.3 Å². The highest BCUT2D eigenvalue weighted by molar-refractivity contribution is 6.31. The highest BCUT2D eigenvalue weighted by Crippen LogP contribution is 2.43. The van der Waals surface area contributed by atoms with Crippen molar-refractivity contribution in [2.75, 3.05) is 6.61 Å². The Balaban J connectivity index is 2.30. The summed E-state index contributed by atoms with van der Waals surface area (Å²) in [5, 5.41) is 9.21. The molecule has 1 fully saturated rings. The van der Waals surface area contributed by atoms with Gasteiger partial charge in [-0.2, -0.15) is 0 Å². The van der Waals surface area contributed by atoms with E-state index in [1.165, 1.54) is 18.2 Å². The zero-order chi connectivity index (χ0) is 11.8. The molecule has 0 aromatic heterocycles. The minimum Gasteiger partial charge on any atom is -0.395 e. The Morgan fingerprint density at radius 1 is 1.50 bits per heavy atom. The first-order chi connectivity index (χ1) is 7.59. The van der Waals surface area contributed by atoms with Crippen molar-refractivity contribution in [3.8, 4) is 0 Å². The molecule has 0 amide bonds. The van der Waals surface area contributed by atoms with Crippen molar-refractivity contribution in [3.05, 3.63) is 34.6 Å². The number of halogens is 2. The van der Waals surface area contributed by atoms with Gasteiger partial charge in [0.05, 0.1) is 17.0 Å². The molecular weight excluding hydrogens is 231 g/mol. The summed E-state index contributed by atoms with van der Waals surface area (Å²) >= 11 is 5.62. The topological polar surface area (TPSA) is 37.3 Å². The normalized spacial score (nSPS) is 17.9. The molecule has 1 N–H and O–H groups in total. The molecule has 2 nitrogen and oxygen atoms in total. The van der Waals surface area contributed by atoms with E-state index in [0.29, 0.717) is 18.4 Å². The van der Waals surface area contributed by atoms with Crippen LogP contribution < -0.4 is 0 Å². The van der Waals surface area contributed by atoms with Crippen LogP contribution in [0, 0.1) is 11.2 Å². The predicted molar refractivity (Wildman–Crippen MR) is 59.1 cm³/mol. The van der Waals surface area contributed by atoms with Gasteiger partial charge in [-0.15, -0.1) is 0 Å². The summed E-state index contributed by atoms with van der Waals surface area (Å²) in [6, 6.07) is 3.92. The maximum absolute atomic E-state index is 12.9. The number of carbonyl (C=O) groups is 1. The van der Waals surface area contributed by atoms with Crippen molar-refractivity contribution in [2.45, 2.75) is 19.3 Å². The molecule has 1 saturated carbocycles. The van der Waals surface area contributed by atoms with Gasteiger partial charge < -0.3 is 5.11 Å². The lowest BCUT2D eigenvalue weighted by Gasteiger charge is -2.38. The number of hydrogen-bond acceptors (Lipinski definition) is 2. The number of hydrogen-bond donors (Lipinski definition) is 1. The molecular formula is C12H12ClFO2. The fraction of sp³-hybridized carbons (Fsp3) is 0.417. The van der Waals surface area contributed by atoms with Gasteiger partial charge in [0.25, 0.3) is 0 Å². The van der Waals surface area contributed by atoms with Crippen LogP contribution in [0.4, 0.5) is 4.39 Å². The molecule has 0 aliphatic heterocycles. The van der Waals surface area contributed by atoms with Crippen LogP contribution in [-0.2, 0) is 0 Å². The predicted octanol–water partition coefficient (Wildman–Crippen LogP) is 2.82. The summed E-state index contributed by atoms with van der Waals surface area (Å²) < 4.78 is 12.9. The summed E-state index contributed by atoms with van der Waals surface area (Å²) in [6.07, 6.45) is 2.33. The first-order valence-electron chi connectivity index (χ1n) is 5.20. The largest absolute Gasteiger partial charge is 0.395 e. The molecule has 1 aromatic carbocycles. The molecule has 4 heteroatoms. The second-order valence-electron chi connectivity index (χ2n) is 4.25. The van der Waals surface area contributed by atoms with Gasteiger partial charge in [-0.25, -0.2) is 4.39 Å². The van der Waals surface area contributed by atoms with E-state index in [0.717, 1.165) is 6.42 Å². The van der Waals surface area contributed by atoms with Crippen molar-refractivity contribution >= 4 is 17.4 Å². The third kappa shape index (κ3) is 1.74. The minimum atomic E-state index is -0.652. The average molecular weight is 243 g/mol. The Labute approximate surface area is 98.0 Å². The van der Waals surface area contributed by atoms with Crippen LogP contribution in [0.2, 0.25) is 5.02 Å². The van der Waals surface area contributed by atoms with Gasteiger partial charge in [-0.3, -0.25) is 4.79 Å². The second kappa shape index (κ2) is 4.15. The lowest BCUT2D eigenvalue weighted by molar-refractivity contribution is 0.0348. The number of aliphatic hydroxyl groups is 1. The third-order valence-electron chi connectivity index (χ3n) is 3.28. The number of rotatable bonds is 3. The molecule has 86 valence electrons. The Bertz CT molecular complexity index is 422. The summed E-state index contributed by atoms with van der Waals surface area (Å²) in [5.74, 6) is -0.673. The van der Waals surface area contributed by atoms with Crippen molar-refractivity contribution in [1.82, 2.24) is 0 Å². The van der Waals surface area contributed by atoms with Gasteiger partial charge >= 0.3 is 0 Å². The standard InChI is InChI=1S/C12H12ClFO2/c13-9-6-8(2-3-10(9)14)11(16)12(7-15)4-1-5-12/h2-3,6,15H,1,4-5,7H2. The van der Waals surface area contributed by atoms with E-state index in [1.54, 1.807) is 0 Å². The Morgan fingerprint density at radius 2 is 2.19 bits per heavy atom. The van der Waals surface area contributed by atoms with Gasteiger partial charge in [-0.05, 0) is 31.0 Å². The first-order valence-corrected chi connectivity index (χ1v) is 5.57. The van der Waals surface area contributed by atoms with Crippen LogP contribution >= 0.6 is 11.6 Å². The smallest absolute Gasteiger partial charge is 0.171 e. The fourth-order valence-corrected chi connectivity index (χ4v) is 2.18. The maximum atomic E-state index is 12.9. The van der Waals surface area contributed by atoms with Crippen molar-refractivity contribution in [1.29, 1.82) is 0 Å². The summed E-state index contributed by atoms with van der Waals surface area (Å²) in [7, 11) is 0. The van der Waals surface area contributed by atoms with Gasteiger partial charge in [0.1, 0.15) is 5.82 Å². The number of aliphatic hydroxyl groups excluding tert-OH is 1. The van der Waals surface area contributed by atoms with Gasteiger partial charge in [0.2, 0.25) is 0 Å². The van der Waals surface area contributed by atoms with Crippen LogP contribution in [0.1, 0.15) is 29.6 Å². The average Bonchev–Trinajstić information content (AvgIpc) is 2.21. The summed E-state index contributed by atoms with van der Waals surface area (Å²) in [6.45, 7) is -0.152. The first kappa shape index (κ1) is 11.6. The van der Waals surface area contributed by atoms with Crippen LogP contribution in [0.15, 0.2) is 18.2 Å². The van der Waals surface area contributed by atoms with Crippen LogP contribution in [0.25, 0.3) is 0 Å². The minimum absolute atomic E-state index is 0.0572. The van der Waals surface area contributed by atoms with E-state index in [4.69, 9.17) is 11.6 Å². The molecule has 0 radical (unpaired) electrons. The Kier molecular flexibility index (Phi) is 3.00. The van der Waals surface area contributed by atoms with E-state index in [1.807, 2.05) is 0 Å². The molecule has 1 aliphatic carbocycles. The molecule has 1 aliphatic rings. The number of benzene rings is 1. The zero-order valence-corrected chi connectivity index (χ0v) is 9.43. The molecule has 0 heterocycles. The van der Waals surface area contributed by atoms with Crippen molar-refractivity contribution in [3.63, 3.8) is 0 Å². The zero-order valence-electron chi connectivity index (χ0n) is 8.67. The molecule has 0 unspecified atom stereocenters. The maximum Gasteiger partial charge on any atom is 0.171 e. The SMILES string of the molecule is O=C(c1ccc(F)c(Cl)c1)C1(CO)CCC1. The molecule has 1 aromatic rings. The molecule has 0 atom stereocenters. The molecule has 2 rings (SSSR count). The quantitative estimate of drug-likeness (QED) is 0.828. The number of carbonyl (C=O) groups excluding carboxylic acids is 1. The Morgan fingerprint density at radius 3 is 2.62 bits per heavy atom. The number of ketones is 1. The highest BCUT2D eigenvalue weighted by Gasteiger charge is 2.43. The highest BCUT2D eigenvalue weighted by atomic mass is 35.5. The van der Waals surface area contributed by atoms with Crippen molar-refractivity contribution in [2.24, 2.45) is 5.41 Å². The Hall–Kier alpha value is -0.930. The second-order valence-corrected chi connectivity index (χ2v) is 4.66. The molecule has 0 spiro atoms. The van der Waals surface area contributed by atoms with E-state index >= 15 is 0 Å². The monoisotopic (exact) mass is 242 g/mol. The molecule has 0 saturated heterocycles. The lowest BCUT2D eigenvalue weighted by atomic mass is 9.65. The van der Waals surface area contributed by atoms with Gasteiger partial charge in [0, 0.05) is 5.56 Å². The molecule has 16 heavy (non-hydrogen) atoms. The lowest BCUT2D eigenvalue weighted by Crippen LogP contribution is -2.41. The summed E-state index contributed by atoms with van der Waals surface area (Å²) in [4.78, 5) is 12.1. The van der Waals surface area contributed by atoms with Gasteiger partial charge in [-0.1, -0.05) is 18.0 Å². The van der Waals surface area contributed by atoms with Crippen LogP contribution in [0.5, 0.6) is 0 Å².